The molecule has 1 N–H and O–H groups in total. The van der Waals surface area contributed by atoms with E-state index < -0.39 is 15.9 Å². The Labute approximate surface area is 186 Å². The average Bonchev–Trinajstić information content (AvgIpc) is 3.11. The summed E-state index contributed by atoms with van der Waals surface area (Å²) in [4.78, 5) is 26.7. The van der Waals surface area contributed by atoms with E-state index in [0.29, 0.717) is 23.0 Å². The molecular formula is C21H24ClN3O5S. The molecule has 1 heterocycles. The summed E-state index contributed by atoms with van der Waals surface area (Å²) >= 11 is 6.01. The Morgan fingerprint density at radius 3 is 2.65 bits per heavy atom. The van der Waals surface area contributed by atoms with Crippen LogP contribution in [0.3, 0.4) is 0 Å². The monoisotopic (exact) mass is 465 g/mol. The molecule has 1 aliphatic heterocycles. The molecule has 166 valence electrons. The van der Waals surface area contributed by atoms with Crippen LogP contribution in [0.5, 0.6) is 5.75 Å². The molecule has 10 heteroatoms. The Hall–Kier alpha value is -2.62. The maximum Gasteiger partial charge on any atom is 0.246 e. The average molecular weight is 466 g/mol. The van der Waals surface area contributed by atoms with Crippen molar-refractivity contribution < 1.29 is 22.7 Å². The van der Waals surface area contributed by atoms with E-state index in [1.54, 1.807) is 37.3 Å². The Morgan fingerprint density at radius 2 is 2.00 bits per heavy atom. The quantitative estimate of drug-likeness (QED) is 0.678. The fourth-order valence-corrected chi connectivity index (χ4v) is 4.51. The first-order valence-corrected chi connectivity index (χ1v) is 11.5. The molecule has 31 heavy (non-hydrogen) atoms. The fraction of sp³-hybridized carbons (Fsp3) is 0.333. The maximum atomic E-state index is 12.8. The van der Waals surface area contributed by atoms with E-state index in [1.807, 2.05) is 0 Å². The Balaban J connectivity index is 1.80. The van der Waals surface area contributed by atoms with Crippen molar-refractivity contribution in [3.63, 3.8) is 0 Å². The van der Waals surface area contributed by atoms with Crippen LogP contribution in [0, 0.1) is 5.92 Å². The summed E-state index contributed by atoms with van der Waals surface area (Å²) in [6, 6.07) is 11.3. The lowest BCUT2D eigenvalue weighted by atomic mass is 10.1. The number of carbonyl (C=O) groups is 2. The standard InChI is InChI=1S/C21H24ClN3O5S/c1-4-30-18-9-8-16(12-19(18)31(28,29)24(2)3)23-21(27)14-10-20(26)25(13-14)17-7-5-6-15(22)11-17/h5-9,11-12,14H,4,10,13H2,1-3H3,(H,23,27)/t14-/m0/s1. The van der Waals surface area contributed by atoms with E-state index in [0.717, 1.165) is 4.31 Å². The summed E-state index contributed by atoms with van der Waals surface area (Å²) in [5.74, 6) is -0.912. The van der Waals surface area contributed by atoms with Gasteiger partial charge in [-0.3, -0.25) is 9.59 Å². The summed E-state index contributed by atoms with van der Waals surface area (Å²) < 4.78 is 31.8. The van der Waals surface area contributed by atoms with Gasteiger partial charge in [-0.1, -0.05) is 17.7 Å². The van der Waals surface area contributed by atoms with E-state index in [1.165, 1.54) is 31.1 Å². The lowest BCUT2D eigenvalue weighted by Gasteiger charge is -2.18. The molecule has 1 atom stereocenters. The van der Waals surface area contributed by atoms with Crippen molar-refractivity contribution in [2.24, 2.45) is 5.92 Å². The van der Waals surface area contributed by atoms with Crippen molar-refractivity contribution in [3.8, 4) is 5.75 Å². The van der Waals surface area contributed by atoms with Crippen LogP contribution in [0.1, 0.15) is 13.3 Å². The highest BCUT2D eigenvalue weighted by molar-refractivity contribution is 7.89. The third-order valence-corrected chi connectivity index (χ3v) is 6.96. The van der Waals surface area contributed by atoms with E-state index in [9.17, 15) is 18.0 Å². The molecule has 8 nitrogen and oxygen atoms in total. The first-order valence-electron chi connectivity index (χ1n) is 9.69. The fourth-order valence-electron chi connectivity index (χ4n) is 3.28. The normalized spacial score (nSPS) is 16.6. The summed E-state index contributed by atoms with van der Waals surface area (Å²) in [7, 11) is -0.940. The Kier molecular flexibility index (Phi) is 6.88. The molecule has 1 fully saturated rings. The minimum atomic E-state index is -3.78. The number of sulfonamides is 1. The second-order valence-corrected chi connectivity index (χ2v) is 9.81. The van der Waals surface area contributed by atoms with Gasteiger partial charge in [-0.25, -0.2) is 12.7 Å². The second-order valence-electron chi connectivity index (χ2n) is 7.26. The van der Waals surface area contributed by atoms with E-state index in [4.69, 9.17) is 16.3 Å². The van der Waals surface area contributed by atoms with Crippen molar-refractivity contribution in [3.05, 3.63) is 47.5 Å². The van der Waals surface area contributed by atoms with Crippen LogP contribution in [-0.4, -0.2) is 51.8 Å². The van der Waals surface area contributed by atoms with Crippen molar-refractivity contribution in [2.45, 2.75) is 18.2 Å². The first kappa shape index (κ1) is 23.1. The van der Waals surface area contributed by atoms with Gasteiger partial charge in [-0.2, -0.15) is 0 Å². The Bertz CT molecular complexity index is 1100. The van der Waals surface area contributed by atoms with Gasteiger partial charge in [0.15, 0.2) is 0 Å². The van der Waals surface area contributed by atoms with Crippen molar-refractivity contribution in [2.75, 3.05) is 37.5 Å². The van der Waals surface area contributed by atoms with Crippen LogP contribution in [0.4, 0.5) is 11.4 Å². The highest BCUT2D eigenvalue weighted by Crippen LogP contribution is 2.31. The topological polar surface area (TPSA) is 96.0 Å². The number of hydrogen-bond donors (Lipinski definition) is 1. The third kappa shape index (κ3) is 5.00. The Morgan fingerprint density at radius 1 is 1.26 bits per heavy atom. The van der Waals surface area contributed by atoms with Gasteiger partial charge >= 0.3 is 0 Å². The van der Waals surface area contributed by atoms with Gasteiger partial charge in [-0.05, 0) is 43.3 Å². The number of ether oxygens (including phenoxy) is 1. The van der Waals surface area contributed by atoms with Crippen LogP contribution in [0.2, 0.25) is 5.02 Å². The molecule has 1 aliphatic rings. The van der Waals surface area contributed by atoms with Crippen LogP contribution in [0.15, 0.2) is 47.4 Å². The van der Waals surface area contributed by atoms with E-state index >= 15 is 0 Å². The smallest absolute Gasteiger partial charge is 0.246 e. The molecule has 0 aromatic heterocycles. The van der Waals surface area contributed by atoms with Gasteiger partial charge in [0.25, 0.3) is 0 Å². The SMILES string of the molecule is CCOc1ccc(NC(=O)[C@H]2CC(=O)N(c3cccc(Cl)c3)C2)cc1S(=O)(=O)N(C)C. The number of nitrogens with zero attached hydrogens (tertiary/aromatic N) is 2. The van der Waals surface area contributed by atoms with Crippen molar-refractivity contribution in [1.29, 1.82) is 0 Å². The number of halogens is 1. The zero-order valence-corrected chi connectivity index (χ0v) is 19.0. The van der Waals surface area contributed by atoms with E-state index in [2.05, 4.69) is 5.32 Å². The predicted molar refractivity (Wildman–Crippen MR) is 119 cm³/mol. The molecule has 0 aliphatic carbocycles. The van der Waals surface area contributed by atoms with Crippen LogP contribution < -0.4 is 15.0 Å². The molecular weight excluding hydrogens is 442 g/mol. The number of nitrogens with one attached hydrogen (secondary N) is 1. The van der Waals surface area contributed by atoms with Crippen molar-refractivity contribution in [1.82, 2.24) is 4.31 Å². The van der Waals surface area contributed by atoms with Gasteiger partial charge in [0.2, 0.25) is 21.8 Å². The second kappa shape index (κ2) is 9.25. The number of anilines is 2. The van der Waals surface area contributed by atoms with E-state index in [-0.39, 0.29) is 35.4 Å². The molecule has 0 spiro atoms. The zero-order valence-electron chi connectivity index (χ0n) is 17.5. The van der Waals surface area contributed by atoms with Crippen LogP contribution in [0.25, 0.3) is 0 Å². The number of benzene rings is 2. The van der Waals surface area contributed by atoms with Crippen LogP contribution >= 0.6 is 11.6 Å². The molecule has 2 amide bonds. The summed E-state index contributed by atoms with van der Waals surface area (Å²) in [6.45, 7) is 2.26. The van der Waals surface area contributed by atoms with Crippen molar-refractivity contribution >= 4 is 44.8 Å². The molecule has 0 bridgehead atoms. The molecule has 3 rings (SSSR count). The first-order chi connectivity index (χ1) is 14.6. The van der Waals surface area contributed by atoms with Crippen LogP contribution in [-0.2, 0) is 19.6 Å². The molecule has 0 saturated carbocycles. The molecule has 1 saturated heterocycles. The van der Waals surface area contributed by atoms with Gasteiger partial charge in [0.05, 0.1) is 12.5 Å². The minimum absolute atomic E-state index is 0.0415. The summed E-state index contributed by atoms with van der Waals surface area (Å²) in [5, 5.41) is 3.23. The van der Waals surface area contributed by atoms with Gasteiger partial charge in [0, 0.05) is 43.5 Å². The third-order valence-electron chi connectivity index (χ3n) is 4.89. The highest BCUT2D eigenvalue weighted by Gasteiger charge is 2.35. The predicted octanol–water partition coefficient (Wildman–Crippen LogP) is 2.98. The lowest BCUT2D eigenvalue weighted by Crippen LogP contribution is -2.28. The summed E-state index contributed by atoms with van der Waals surface area (Å²) in [5.41, 5.74) is 0.941. The lowest BCUT2D eigenvalue weighted by molar-refractivity contribution is -0.122. The number of hydrogen-bond acceptors (Lipinski definition) is 5. The van der Waals surface area contributed by atoms with Gasteiger partial charge in [0.1, 0.15) is 10.6 Å². The molecule has 2 aromatic rings. The zero-order chi connectivity index (χ0) is 22.8. The molecule has 0 radical (unpaired) electrons. The molecule has 0 unspecified atom stereocenters. The van der Waals surface area contributed by atoms with Gasteiger partial charge in [-0.15, -0.1) is 0 Å². The largest absolute Gasteiger partial charge is 0.492 e. The highest BCUT2D eigenvalue weighted by atomic mass is 35.5. The molecule has 2 aromatic carbocycles. The minimum Gasteiger partial charge on any atom is -0.492 e. The number of carbonyl (C=O) groups excluding carboxylic acids is 2. The maximum absolute atomic E-state index is 12.8. The summed E-state index contributed by atoms with van der Waals surface area (Å²) in [6.07, 6.45) is 0.0538. The van der Waals surface area contributed by atoms with Gasteiger partial charge < -0.3 is 15.0 Å². The number of rotatable bonds is 7. The number of amides is 2.